The summed E-state index contributed by atoms with van der Waals surface area (Å²) < 4.78 is 5.57. The number of anilines is 1. The molecule has 1 aromatic rings. The van der Waals surface area contributed by atoms with Crippen LogP contribution >= 0.6 is 0 Å². The van der Waals surface area contributed by atoms with Crippen LogP contribution in [-0.2, 0) is 19.7 Å². The largest absolute Gasteiger partial charge is 0.465 e. The summed E-state index contributed by atoms with van der Waals surface area (Å²) in [5, 5.41) is 0. The van der Waals surface area contributed by atoms with Gasteiger partial charge in [0.15, 0.2) is 0 Å². The second kappa shape index (κ2) is 6.43. The van der Waals surface area contributed by atoms with Crippen molar-refractivity contribution >= 4 is 17.6 Å². The van der Waals surface area contributed by atoms with Gasteiger partial charge < -0.3 is 9.64 Å². The summed E-state index contributed by atoms with van der Waals surface area (Å²) in [7, 11) is 0. The van der Waals surface area contributed by atoms with E-state index >= 15 is 0 Å². The van der Waals surface area contributed by atoms with Crippen LogP contribution in [-0.4, -0.2) is 48.6 Å². The lowest BCUT2D eigenvalue weighted by Gasteiger charge is -2.59. The Morgan fingerprint density at radius 1 is 1.24 bits per heavy atom. The minimum absolute atomic E-state index is 0.0397. The molecule has 5 atom stereocenters. The second-order valence-corrected chi connectivity index (χ2v) is 9.29. The molecule has 154 valence electrons. The zero-order valence-corrected chi connectivity index (χ0v) is 17.6. The number of amides is 1. The first-order chi connectivity index (χ1) is 13.9. The van der Waals surface area contributed by atoms with Crippen molar-refractivity contribution < 1.29 is 14.3 Å². The zero-order valence-electron chi connectivity index (χ0n) is 17.6. The van der Waals surface area contributed by atoms with Crippen LogP contribution in [0.3, 0.4) is 0 Å². The molecule has 0 aromatic heterocycles. The number of hydrogen-bond acceptors (Lipinski definition) is 4. The molecular weight excluding hydrogens is 364 g/mol. The van der Waals surface area contributed by atoms with Gasteiger partial charge in [0.1, 0.15) is 0 Å². The third kappa shape index (κ3) is 2.37. The van der Waals surface area contributed by atoms with E-state index in [0.717, 1.165) is 38.0 Å². The van der Waals surface area contributed by atoms with Crippen LogP contribution in [0.2, 0.25) is 0 Å². The maximum absolute atomic E-state index is 12.9. The predicted molar refractivity (Wildman–Crippen MR) is 112 cm³/mol. The maximum Gasteiger partial charge on any atom is 0.302 e. The molecule has 29 heavy (non-hydrogen) atoms. The number of rotatable bonds is 3. The van der Waals surface area contributed by atoms with E-state index in [0.29, 0.717) is 12.6 Å². The van der Waals surface area contributed by atoms with E-state index in [1.54, 1.807) is 6.92 Å². The van der Waals surface area contributed by atoms with Crippen LogP contribution in [0.15, 0.2) is 36.4 Å². The highest BCUT2D eigenvalue weighted by Crippen LogP contribution is 2.65. The lowest BCUT2D eigenvalue weighted by Crippen LogP contribution is -2.67. The lowest BCUT2D eigenvalue weighted by atomic mass is 9.50. The molecule has 1 aliphatic carbocycles. The Morgan fingerprint density at radius 3 is 2.76 bits per heavy atom. The molecule has 1 aromatic carbocycles. The molecule has 1 unspecified atom stereocenters. The highest BCUT2D eigenvalue weighted by Gasteiger charge is 2.70. The topological polar surface area (TPSA) is 49.9 Å². The predicted octanol–water partition coefficient (Wildman–Crippen LogP) is 3.28. The molecule has 4 aliphatic rings. The van der Waals surface area contributed by atoms with Crippen LogP contribution in [0.1, 0.15) is 45.6 Å². The molecular formula is C24H30N2O3. The van der Waals surface area contributed by atoms with E-state index in [1.807, 2.05) is 11.0 Å². The average molecular weight is 395 g/mol. The first-order valence-corrected chi connectivity index (χ1v) is 10.9. The van der Waals surface area contributed by atoms with E-state index in [4.69, 9.17) is 4.74 Å². The summed E-state index contributed by atoms with van der Waals surface area (Å²) in [5.41, 5.74) is 2.32. The van der Waals surface area contributed by atoms with Crippen molar-refractivity contribution in [1.82, 2.24) is 4.90 Å². The SMILES string of the molecule is CC[C@]12C=CCN3CC[C@@]4(c5ccccc5N(C(C)=O)[C@H]4C(COC(C)=O)C1)[C@@H]32. The summed E-state index contributed by atoms with van der Waals surface area (Å²) in [6, 6.07) is 8.90. The minimum Gasteiger partial charge on any atom is -0.465 e. The highest BCUT2D eigenvalue weighted by atomic mass is 16.5. The number of esters is 1. The molecule has 0 N–H and O–H groups in total. The van der Waals surface area contributed by atoms with Gasteiger partial charge in [0.2, 0.25) is 5.91 Å². The van der Waals surface area contributed by atoms with Gasteiger partial charge in [0, 0.05) is 48.9 Å². The summed E-state index contributed by atoms with van der Waals surface area (Å²) in [4.78, 5) is 29.3. The Hall–Kier alpha value is -2.14. The fourth-order valence-corrected chi connectivity index (χ4v) is 7.32. The van der Waals surface area contributed by atoms with Gasteiger partial charge in [-0.3, -0.25) is 14.5 Å². The first kappa shape index (κ1) is 18.9. The number of benzene rings is 1. The van der Waals surface area contributed by atoms with Gasteiger partial charge in [-0.15, -0.1) is 0 Å². The summed E-state index contributed by atoms with van der Waals surface area (Å²) in [5.74, 6) is -0.0427. The van der Waals surface area contributed by atoms with Crippen LogP contribution in [0, 0.1) is 11.3 Å². The van der Waals surface area contributed by atoms with E-state index in [1.165, 1.54) is 12.5 Å². The Labute approximate surface area is 172 Å². The number of carbonyl (C=O) groups excluding carboxylic acids is 2. The van der Waals surface area contributed by atoms with Crippen molar-refractivity contribution in [3.8, 4) is 0 Å². The van der Waals surface area contributed by atoms with E-state index in [-0.39, 0.29) is 34.7 Å². The Bertz CT molecular complexity index is 896. The number of para-hydroxylation sites is 1. The van der Waals surface area contributed by atoms with E-state index in [2.05, 4.69) is 42.2 Å². The molecule has 1 amide bonds. The van der Waals surface area contributed by atoms with Gasteiger partial charge in [-0.25, -0.2) is 0 Å². The van der Waals surface area contributed by atoms with Gasteiger partial charge in [-0.1, -0.05) is 37.3 Å². The molecule has 0 bridgehead atoms. The van der Waals surface area contributed by atoms with E-state index < -0.39 is 0 Å². The van der Waals surface area contributed by atoms with Crippen molar-refractivity contribution in [2.75, 3.05) is 24.6 Å². The van der Waals surface area contributed by atoms with Gasteiger partial charge in [0.25, 0.3) is 0 Å². The third-order valence-electron chi connectivity index (χ3n) is 8.06. The summed E-state index contributed by atoms with van der Waals surface area (Å²) >= 11 is 0. The molecule has 1 saturated heterocycles. The Kier molecular flexibility index (Phi) is 4.18. The lowest BCUT2D eigenvalue weighted by molar-refractivity contribution is -0.144. The highest BCUT2D eigenvalue weighted by molar-refractivity contribution is 5.96. The van der Waals surface area contributed by atoms with E-state index in [9.17, 15) is 9.59 Å². The summed E-state index contributed by atoms with van der Waals surface area (Å²) in [6.07, 6.45) is 7.81. The molecule has 5 nitrogen and oxygen atoms in total. The maximum atomic E-state index is 12.9. The monoisotopic (exact) mass is 394 g/mol. The van der Waals surface area contributed by atoms with Crippen molar-refractivity contribution in [1.29, 1.82) is 0 Å². The summed E-state index contributed by atoms with van der Waals surface area (Å²) in [6.45, 7) is 7.84. The van der Waals surface area contributed by atoms with Gasteiger partial charge in [0.05, 0.1) is 12.6 Å². The van der Waals surface area contributed by atoms with Crippen LogP contribution in [0.4, 0.5) is 5.69 Å². The zero-order chi connectivity index (χ0) is 20.4. The Morgan fingerprint density at radius 2 is 2.03 bits per heavy atom. The standard InChI is InChI=1S/C24H30N2O3/c1-4-23-10-7-12-25-13-11-24(22(23)25)19-8-5-6-9-20(19)26(16(2)27)21(24)18(14-23)15-29-17(3)28/h5-10,18,21-22H,4,11-15H2,1-3H3/t18?,21-,22-,23-,24-/m0/s1. The fraction of sp³-hybridized carbons (Fsp3) is 0.583. The van der Waals surface area contributed by atoms with Crippen molar-refractivity contribution in [3.63, 3.8) is 0 Å². The average Bonchev–Trinajstić information content (AvgIpc) is 3.24. The number of carbonyl (C=O) groups is 2. The molecule has 3 heterocycles. The minimum atomic E-state index is -0.246. The molecule has 1 saturated carbocycles. The number of ether oxygens (including phenoxy) is 1. The van der Waals surface area contributed by atoms with Crippen molar-refractivity contribution in [2.24, 2.45) is 11.3 Å². The van der Waals surface area contributed by atoms with Crippen LogP contribution in [0.5, 0.6) is 0 Å². The van der Waals surface area contributed by atoms with Crippen LogP contribution < -0.4 is 4.90 Å². The fourth-order valence-electron chi connectivity index (χ4n) is 7.32. The third-order valence-corrected chi connectivity index (χ3v) is 8.06. The second-order valence-electron chi connectivity index (χ2n) is 9.29. The smallest absolute Gasteiger partial charge is 0.302 e. The van der Waals surface area contributed by atoms with Gasteiger partial charge in [-0.2, -0.15) is 0 Å². The first-order valence-electron chi connectivity index (χ1n) is 10.9. The normalized spacial score (nSPS) is 37.1. The van der Waals surface area contributed by atoms with Gasteiger partial charge >= 0.3 is 5.97 Å². The number of hydrogen-bond donors (Lipinski definition) is 0. The van der Waals surface area contributed by atoms with Crippen LogP contribution in [0.25, 0.3) is 0 Å². The number of nitrogens with zero attached hydrogens (tertiary/aromatic N) is 2. The molecule has 2 fully saturated rings. The molecule has 0 radical (unpaired) electrons. The quantitative estimate of drug-likeness (QED) is 0.583. The molecule has 5 heteroatoms. The van der Waals surface area contributed by atoms with Crippen molar-refractivity contribution in [2.45, 2.75) is 57.5 Å². The van der Waals surface area contributed by atoms with Crippen molar-refractivity contribution in [3.05, 3.63) is 42.0 Å². The molecule has 5 rings (SSSR count). The molecule has 3 aliphatic heterocycles. The molecule has 1 spiro atoms. The Balaban J connectivity index is 1.74. The van der Waals surface area contributed by atoms with Gasteiger partial charge in [-0.05, 0) is 37.4 Å². The number of fused-ring (bicyclic) bond motifs is 1.